The van der Waals surface area contributed by atoms with E-state index in [1.807, 2.05) is 25.0 Å². The minimum atomic E-state index is 0.727. The maximum Gasteiger partial charge on any atom is 0.0522 e. The molecule has 0 saturated carbocycles. The summed E-state index contributed by atoms with van der Waals surface area (Å²) >= 11 is 0. The lowest BCUT2D eigenvalue weighted by Crippen LogP contribution is -2.45. The third kappa shape index (κ3) is 3.54. The van der Waals surface area contributed by atoms with Gasteiger partial charge in [-0.15, -0.1) is 0 Å². The Hall–Kier alpha value is -0.870. The van der Waals surface area contributed by atoms with Gasteiger partial charge in [-0.3, -0.25) is 9.58 Å². The van der Waals surface area contributed by atoms with E-state index in [1.165, 1.54) is 31.4 Å². The molecule has 1 atom stereocenters. The molecule has 0 spiro atoms. The predicted molar refractivity (Wildman–Crippen MR) is 70.1 cm³/mol. The highest BCUT2D eigenvalue weighted by Gasteiger charge is 2.21. The highest BCUT2D eigenvalue weighted by molar-refractivity contribution is 5.04. The van der Waals surface area contributed by atoms with Gasteiger partial charge < -0.3 is 5.32 Å². The number of aryl methyl sites for hydroxylation is 1. The van der Waals surface area contributed by atoms with Crippen LogP contribution in [0.25, 0.3) is 0 Å². The van der Waals surface area contributed by atoms with Crippen molar-refractivity contribution in [1.82, 2.24) is 20.0 Å². The highest BCUT2D eigenvalue weighted by Crippen LogP contribution is 2.16. The molecule has 2 rings (SSSR count). The summed E-state index contributed by atoms with van der Waals surface area (Å²) in [5.74, 6) is 0. The van der Waals surface area contributed by atoms with Gasteiger partial charge in [0, 0.05) is 32.4 Å². The van der Waals surface area contributed by atoms with Crippen molar-refractivity contribution in [2.45, 2.75) is 31.7 Å². The van der Waals surface area contributed by atoms with Crippen LogP contribution in [0.4, 0.5) is 0 Å². The molecule has 0 bridgehead atoms. The van der Waals surface area contributed by atoms with Crippen LogP contribution in [0.2, 0.25) is 0 Å². The maximum atomic E-state index is 4.22. The minimum Gasteiger partial charge on any atom is -0.318 e. The number of hydrogen-bond acceptors (Lipinski definition) is 3. The van der Waals surface area contributed by atoms with Crippen LogP contribution in [0.15, 0.2) is 12.4 Å². The molecule has 4 nitrogen and oxygen atoms in total. The average Bonchev–Trinajstić information content (AvgIpc) is 2.74. The summed E-state index contributed by atoms with van der Waals surface area (Å²) < 4.78 is 1.89. The van der Waals surface area contributed by atoms with Crippen molar-refractivity contribution in [3.63, 3.8) is 0 Å². The van der Waals surface area contributed by atoms with Crippen molar-refractivity contribution >= 4 is 0 Å². The standard InChI is InChI=1S/C13H24N4/c1-14-10-13-5-3-4-7-17(13)8-6-12-9-15-16(2)11-12/h9,11,13-14H,3-8,10H2,1-2H3. The number of hydrogen-bond donors (Lipinski definition) is 1. The molecule has 0 radical (unpaired) electrons. The van der Waals surface area contributed by atoms with E-state index in [0.29, 0.717) is 0 Å². The Bertz CT molecular complexity index is 332. The number of rotatable bonds is 5. The second-order valence-corrected chi connectivity index (χ2v) is 5.02. The molecular formula is C13H24N4. The zero-order chi connectivity index (χ0) is 12.1. The highest BCUT2D eigenvalue weighted by atomic mass is 15.2. The largest absolute Gasteiger partial charge is 0.318 e. The molecule has 0 amide bonds. The summed E-state index contributed by atoms with van der Waals surface area (Å²) in [5, 5.41) is 7.53. The molecule has 1 aromatic heterocycles. The van der Waals surface area contributed by atoms with E-state index in [9.17, 15) is 0 Å². The third-order valence-corrected chi connectivity index (χ3v) is 3.63. The Morgan fingerprint density at radius 2 is 2.35 bits per heavy atom. The van der Waals surface area contributed by atoms with Crippen molar-refractivity contribution < 1.29 is 0 Å². The Kier molecular flexibility index (Phi) is 4.57. The SMILES string of the molecule is CNCC1CCCCN1CCc1cnn(C)c1. The fourth-order valence-corrected chi connectivity index (χ4v) is 2.69. The van der Waals surface area contributed by atoms with Crippen molar-refractivity contribution in [3.8, 4) is 0 Å². The van der Waals surface area contributed by atoms with Crippen LogP contribution in [0.1, 0.15) is 24.8 Å². The van der Waals surface area contributed by atoms with Gasteiger partial charge in [0.25, 0.3) is 0 Å². The van der Waals surface area contributed by atoms with Crippen LogP contribution in [0.5, 0.6) is 0 Å². The monoisotopic (exact) mass is 236 g/mol. The van der Waals surface area contributed by atoms with E-state index >= 15 is 0 Å². The Balaban J connectivity index is 1.83. The topological polar surface area (TPSA) is 33.1 Å². The fourth-order valence-electron chi connectivity index (χ4n) is 2.69. The molecule has 17 heavy (non-hydrogen) atoms. The number of nitrogens with zero attached hydrogens (tertiary/aromatic N) is 3. The van der Waals surface area contributed by atoms with E-state index in [4.69, 9.17) is 0 Å². The van der Waals surface area contributed by atoms with E-state index in [1.54, 1.807) is 0 Å². The van der Waals surface area contributed by atoms with E-state index < -0.39 is 0 Å². The number of nitrogens with one attached hydrogen (secondary N) is 1. The summed E-state index contributed by atoms with van der Waals surface area (Å²) in [6.45, 7) is 3.54. The van der Waals surface area contributed by atoms with Gasteiger partial charge in [0.05, 0.1) is 6.20 Å². The summed E-state index contributed by atoms with van der Waals surface area (Å²) in [4.78, 5) is 2.63. The normalized spacial score (nSPS) is 21.9. The van der Waals surface area contributed by atoms with Gasteiger partial charge in [0.15, 0.2) is 0 Å². The lowest BCUT2D eigenvalue weighted by Gasteiger charge is -2.35. The van der Waals surface area contributed by atoms with E-state index in [0.717, 1.165) is 25.6 Å². The van der Waals surface area contributed by atoms with E-state index in [-0.39, 0.29) is 0 Å². The summed E-state index contributed by atoms with van der Waals surface area (Å²) in [5.41, 5.74) is 1.35. The van der Waals surface area contributed by atoms with E-state index in [2.05, 4.69) is 21.5 Å². The van der Waals surface area contributed by atoms with Crippen molar-refractivity contribution in [2.24, 2.45) is 7.05 Å². The van der Waals surface area contributed by atoms with Gasteiger partial charge >= 0.3 is 0 Å². The van der Waals surface area contributed by atoms with Crippen LogP contribution >= 0.6 is 0 Å². The lowest BCUT2D eigenvalue weighted by atomic mass is 10.0. The number of piperidine rings is 1. The average molecular weight is 236 g/mol. The van der Waals surface area contributed by atoms with Gasteiger partial charge in [-0.1, -0.05) is 6.42 Å². The fraction of sp³-hybridized carbons (Fsp3) is 0.769. The zero-order valence-corrected chi connectivity index (χ0v) is 11.0. The van der Waals surface area contributed by atoms with Crippen LogP contribution in [-0.4, -0.2) is 47.4 Å². The summed E-state index contributed by atoms with van der Waals surface area (Å²) in [6, 6.07) is 0.727. The number of likely N-dealkylation sites (tertiary alicyclic amines) is 1. The van der Waals surface area contributed by atoms with Crippen LogP contribution < -0.4 is 5.32 Å². The molecule has 2 heterocycles. The first kappa shape index (κ1) is 12.6. The summed E-state index contributed by atoms with van der Waals surface area (Å²) in [7, 11) is 4.03. The van der Waals surface area contributed by atoms with Gasteiger partial charge in [0.2, 0.25) is 0 Å². The molecule has 96 valence electrons. The van der Waals surface area contributed by atoms with Gasteiger partial charge in [-0.2, -0.15) is 5.10 Å². The molecule has 1 N–H and O–H groups in total. The minimum absolute atomic E-state index is 0.727. The molecule has 1 fully saturated rings. The quantitative estimate of drug-likeness (QED) is 0.829. The zero-order valence-electron chi connectivity index (χ0n) is 11.0. The van der Waals surface area contributed by atoms with Crippen molar-refractivity contribution in [3.05, 3.63) is 18.0 Å². The van der Waals surface area contributed by atoms with Crippen LogP contribution in [0.3, 0.4) is 0 Å². The second kappa shape index (κ2) is 6.17. The molecule has 1 saturated heterocycles. The van der Waals surface area contributed by atoms with Crippen LogP contribution in [-0.2, 0) is 13.5 Å². The Labute approximate surface area is 104 Å². The molecule has 1 aliphatic heterocycles. The lowest BCUT2D eigenvalue weighted by molar-refractivity contribution is 0.149. The maximum absolute atomic E-state index is 4.22. The van der Waals surface area contributed by atoms with Crippen LogP contribution in [0, 0.1) is 0 Å². The molecule has 1 aliphatic rings. The van der Waals surface area contributed by atoms with Crippen molar-refractivity contribution in [2.75, 3.05) is 26.7 Å². The first-order chi connectivity index (χ1) is 8.29. The van der Waals surface area contributed by atoms with Gasteiger partial charge in [0.1, 0.15) is 0 Å². The molecular weight excluding hydrogens is 212 g/mol. The second-order valence-electron chi connectivity index (χ2n) is 5.02. The number of likely N-dealkylation sites (N-methyl/N-ethyl adjacent to an activating group) is 1. The van der Waals surface area contributed by atoms with Gasteiger partial charge in [-0.05, 0) is 38.4 Å². The Morgan fingerprint density at radius 3 is 3.06 bits per heavy atom. The first-order valence-electron chi connectivity index (χ1n) is 6.66. The molecule has 4 heteroatoms. The molecule has 0 aliphatic carbocycles. The number of aromatic nitrogens is 2. The Morgan fingerprint density at radius 1 is 1.47 bits per heavy atom. The molecule has 1 unspecified atom stereocenters. The van der Waals surface area contributed by atoms with Crippen molar-refractivity contribution in [1.29, 1.82) is 0 Å². The third-order valence-electron chi connectivity index (χ3n) is 3.63. The smallest absolute Gasteiger partial charge is 0.0522 e. The molecule has 0 aromatic carbocycles. The first-order valence-corrected chi connectivity index (χ1v) is 6.66. The van der Waals surface area contributed by atoms with Gasteiger partial charge in [-0.25, -0.2) is 0 Å². The molecule has 1 aromatic rings. The predicted octanol–water partition coefficient (Wildman–Crippen LogP) is 1.04. The summed E-state index contributed by atoms with van der Waals surface area (Å²) in [6.07, 6.45) is 9.30.